The van der Waals surface area contributed by atoms with Crippen LogP contribution in [0.25, 0.3) is 0 Å². The first-order valence-corrected chi connectivity index (χ1v) is 8.17. The Morgan fingerprint density at radius 1 is 1.33 bits per heavy atom. The van der Waals surface area contributed by atoms with Crippen LogP contribution in [-0.4, -0.2) is 4.98 Å². The molecular weight excluding hydrogens is 376 g/mol. The van der Waals surface area contributed by atoms with Crippen LogP contribution in [0.4, 0.5) is 5.13 Å². The molecule has 1 unspecified atom stereocenters. The molecule has 1 aromatic carbocycles. The number of nitrogen functional groups attached to an aromatic ring is 1. The summed E-state index contributed by atoms with van der Waals surface area (Å²) in [4.78, 5) is 5.74. The minimum atomic E-state index is 0.416. The lowest BCUT2D eigenvalue weighted by Crippen LogP contribution is -1.98. The molecule has 0 saturated heterocycles. The maximum absolute atomic E-state index is 5.81. The van der Waals surface area contributed by atoms with Gasteiger partial charge in [0.1, 0.15) is 0 Å². The van der Waals surface area contributed by atoms with E-state index in [1.807, 2.05) is 0 Å². The van der Waals surface area contributed by atoms with Crippen LogP contribution >= 0.6 is 43.2 Å². The van der Waals surface area contributed by atoms with Crippen molar-refractivity contribution in [2.75, 3.05) is 5.73 Å². The predicted octanol–water partition coefficient (Wildman–Crippen LogP) is 4.64. The second kappa shape index (κ2) is 4.62. The molecule has 18 heavy (non-hydrogen) atoms. The van der Waals surface area contributed by atoms with E-state index in [-0.39, 0.29) is 0 Å². The highest BCUT2D eigenvalue weighted by Crippen LogP contribution is 2.46. The minimum Gasteiger partial charge on any atom is -0.375 e. The molecule has 0 fully saturated rings. The lowest BCUT2D eigenvalue weighted by atomic mass is 9.97. The van der Waals surface area contributed by atoms with E-state index in [1.54, 1.807) is 11.3 Å². The van der Waals surface area contributed by atoms with Crippen molar-refractivity contribution >= 4 is 48.3 Å². The molecule has 2 N–H and O–H groups in total. The van der Waals surface area contributed by atoms with E-state index in [4.69, 9.17) is 5.73 Å². The van der Waals surface area contributed by atoms with Gasteiger partial charge in [-0.2, -0.15) is 0 Å². The average molecular weight is 388 g/mol. The number of nitrogens with two attached hydrogens (primary N) is 1. The van der Waals surface area contributed by atoms with Gasteiger partial charge in [-0.15, -0.1) is 11.3 Å². The first kappa shape index (κ1) is 12.6. The Morgan fingerprint density at radius 2 is 2.00 bits per heavy atom. The normalized spacial score (nSPS) is 18.1. The van der Waals surface area contributed by atoms with Crippen LogP contribution in [-0.2, 0) is 6.42 Å². The van der Waals surface area contributed by atoms with Crippen LogP contribution in [0, 0.1) is 6.92 Å². The molecule has 0 saturated carbocycles. The van der Waals surface area contributed by atoms with Crippen molar-refractivity contribution in [3.8, 4) is 0 Å². The van der Waals surface area contributed by atoms with Crippen molar-refractivity contribution in [2.24, 2.45) is 0 Å². The molecule has 94 valence electrons. The molecule has 2 aromatic rings. The van der Waals surface area contributed by atoms with Crippen molar-refractivity contribution in [2.45, 2.75) is 25.7 Å². The van der Waals surface area contributed by atoms with Gasteiger partial charge in [0.25, 0.3) is 0 Å². The molecule has 5 heteroatoms. The number of fused-ring (bicyclic) bond motifs is 1. The Morgan fingerprint density at radius 3 is 2.67 bits per heavy atom. The van der Waals surface area contributed by atoms with E-state index in [0.29, 0.717) is 11.0 Å². The third kappa shape index (κ3) is 2.02. The smallest absolute Gasteiger partial charge is 0.180 e. The largest absolute Gasteiger partial charge is 0.375 e. The Bertz CT molecular complexity index is 598. The Kier molecular flexibility index (Phi) is 3.24. The molecule has 1 heterocycles. The number of rotatable bonds is 1. The van der Waals surface area contributed by atoms with Gasteiger partial charge in [0.2, 0.25) is 0 Å². The summed E-state index contributed by atoms with van der Waals surface area (Å²) in [6.45, 7) is 2.10. The number of nitrogens with zero attached hydrogens (tertiary/aromatic N) is 1. The van der Waals surface area contributed by atoms with Crippen molar-refractivity contribution < 1.29 is 0 Å². The van der Waals surface area contributed by atoms with E-state index in [1.165, 1.54) is 30.6 Å². The van der Waals surface area contributed by atoms with Gasteiger partial charge in [-0.3, -0.25) is 0 Å². The number of halogens is 2. The number of hydrogen-bond acceptors (Lipinski definition) is 3. The van der Waals surface area contributed by atoms with Crippen molar-refractivity contribution in [3.63, 3.8) is 0 Å². The van der Waals surface area contributed by atoms with Gasteiger partial charge in [0.05, 0.1) is 5.69 Å². The highest BCUT2D eigenvalue weighted by atomic mass is 79.9. The lowest BCUT2D eigenvalue weighted by Gasteiger charge is -2.15. The van der Waals surface area contributed by atoms with Gasteiger partial charge in [-0.1, -0.05) is 31.9 Å². The number of anilines is 1. The predicted molar refractivity (Wildman–Crippen MR) is 83.3 cm³/mol. The third-order valence-electron chi connectivity index (χ3n) is 3.30. The first-order chi connectivity index (χ1) is 8.56. The monoisotopic (exact) mass is 386 g/mol. The Hall–Kier alpha value is -0.390. The lowest BCUT2D eigenvalue weighted by molar-refractivity contribution is 0.783. The summed E-state index contributed by atoms with van der Waals surface area (Å²) in [6.07, 6.45) is 2.15. The van der Waals surface area contributed by atoms with E-state index in [0.717, 1.165) is 12.8 Å². The highest BCUT2D eigenvalue weighted by Gasteiger charge is 2.30. The van der Waals surface area contributed by atoms with Crippen LogP contribution in [0.5, 0.6) is 0 Å². The number of benzene rings is 1. The molecule has 0 radical (unpaired) electrons. The topological polar surface area (TPSA) is 38.9 Å². The van der Waals surface area contributed by atoms with Crippen molar-refractivity contribution in [1.82, 2.24) is 4.98 Å². The molecule has 1 aliphatic carbocycles. The summed E-state index contributed by atoms with van der Waals surface area (Å²) in [6, 6.07) is 4.34. The zero-order chi connectivity index (χ0) is 12.9. The molecular formula is C13H12Br2N2S. The van der Waals surface area contributed by atoms with Crippen LogP contribution in [0.1, 0.15) is 34.0 Å². The van der Waals surface area contributed by atoms with Crippen molar-refractivity contribution in [3.05, 3.63) is 42.8 Å². The summed E-state index contributed by atoms with van der Waals surface area (Å²) in [5.74, 6) is 0.416. The molecule has 0 amide bonds. The first-order valence-electron chi connectivity index (χ1n) is 5.77. The maximum atomic E-state index is 5.81. The average Bonchev–Trinajstić information content (AvgIpc) is 2.77. The summed E-state index contributed by atoms with van der Waals surface area (Å²) < 4.78 is 2.33. The molecule has 0 aliphatic heterocycles. The fraction of sp³-hybridized carbons (Fsp3) is 0.308. The van der Waals surface area contributed by atoms with Gasteiger partial charge in [0, 0.05) is 19.7 Å². The standard InChI is InChI=1S/C13H12Br2N2S/c1-6-4-8(14)11(9(15)5-6)7-2-3-10-12(7)18-13(16)17-10/h4-5,7H,2-3H2,1H3,(H2,16,17). The molecule has 0 bridgehead atoms. The second-order valence-corrected chi connectivity index (χ2v) is 7.37. The maximum Gasteiger partial charge on any atom is 0.180 e. The van der Waals surface area contributed by atoms with Gasteiger partial charge in [0.15, 0.2) is 5.13 Å². The number of aromatic nitrogens is 1. The molecule has 1 aliphatic rings. The van der Waals surface area contributed by atoms with Gasteiger partial charge in [-0.05, 0) is 43.0 Å². The number of thiazole rings is 1. The van der Waals surface area contributed by atoms with Crippen LogP contribution in [0.3, 0.4) is 0 Å². The minimum absolute atomic E-state index is 0.416. The van der Waals surface area contributed by atoms with E-state index < -0.39 is 0 Å². The van der Waals surface area contributed by atoms with E-state index >= 15 is 0 Å². The summed E-state index contributed by atoms with van der Waals surface area (Å²) in [5, 5.41) is 0.684. The summed E-state index contributed by atoms with van der Waals surface area (Å²) >= 11 is 9.01. The highest BCUT2D eigenvalue weighted by molar-refractivity contribution is 9.11. The van der Waals surface area contributed by atoms with Crippen LogP contribution in [0.2, 0.25) is 0 Å². The number of hydrogen-bond donors (Lipinski definition) is 1. The third-order valence-corrected chi connectivity index (χ3v) is 5.65. The molecule has 0 spiro atoms. The molecule has 3 rings (SSSR count). The van der Waals surface area contributed by atoms with Crippen LogP contribution in [0.15, 0.2) is 21.1 Å². The Labute approximate surface area is 127 Å². The fourth-order valence-electron chi connectivity index (χ4n) is 2.57. The summed E-state index contributed by atoms with van der Waals surface area (Å²) in [5.41, 5.74) is 9.57. The van der Waals surface area contributed by atoms with E-state index in [9.17, 15) is 0 Å². The SMILES string of the molecule is Cc1cc(Br)c(C2CCc3nc(N)sc32)c(Br)c1. The summed E-state index contributed by atoms with van der Waals surface area (Å²) in [7, 11) is 0. The van der Waals surface area contributed by atoms with Crippen LogP contribution < -0.4 is 5.73 Å². The Balaban J connectivity index is 2.12. The zero-order valence-electron chi connectivity index (χ0n) is 9.84. The zero-order valence-corrected chi connectivity index (χ0v) is 13.8. The fourth-order valence-corrected chi connectivity index (χ4v) is 5.56. The molecule has 1 atom stereocenters. The van der Waals surface area contributed by atoms with Gasteiger partial charge >= 0.3 is 0 Å². The molecule has 1 aromatic heterocycles. The molecule has 2 nitrogen and oxygen atoms in total. The second-order valence-electron chi connectivity index (χ2n) is 4.60. The quantitative estimate of drug-likeness (QED) is 0.774. The van der Waals surface area contributed by atoms with Gasteiger partial charge in [-0.25, -0.2) is 4.98 Å². The van der Waals surface area contributed by atoms with Gasteiger partial charge < -0.3 is 5.73 Å². The van der Waals surface area contributed by atoms with Crippen molar-refractivity contribution in [1.29, 1.82) is 0 Å². The number of aryl methyl sites for hydroxylation is 2. The van der Waals surface area contributed by atoms with E-state index in [2.05, 4.69) is 55.9 Å².